The quantitative estimate of drug-likeness (QED) is 0.318. The first-order valence-corrected chi connectivity index (χ1v) is 17.4. The van der Waals surface area contributed by atoms with Crippen molar-refractivity contribution in [3.63, 3.8) is 0 Å². The Balaban J connectivity index is 2.04. The molecule has 0 aliphatic carbocycles. The average molecular weight is 487 g/mol. The van der Waals surface area contributed by atoms with Crippen LogP contribution in [0.1, 0.15) is 0 Å². The van der Waals surface area contributed by atoms with Gasteiger partial charge in [0.2, 0.25) is 0 Å². The molecule has 0 heterocycles. The fourth-order valence-electron chi connectivity index (χ4n) is 3.76. The second kappa shape index (κ2) is 10.8. The zero-order valence-electron chi connectivity index (χ0n) is 18.6. The van der Waals surface area contributed by atoms with Crippen LogP contribution in [0.15, 0.2) is 91.0 Å². The zero-order valence-corrected chi connectivity index (χ0v) is 21.6. The van der Waals surface area contributed by atoms with Crippen LogP contribution in [0.3, 0.4) is 0 Å². The van der Waals surface area contributed by atoms with Crippen molar-refractivity contribution in [1.29, 1.82) is 0 Å². The van der Waals surface area contributed by atoms with Gasteiger partial charge in [-0.3, -0.25) is 0 Å². The Kier molecular flexibility index (Phi) is 8.33. The number of rotatable bonds is 11. The lowest BCUT2D eigenvalue weighted by Crippen LogP contribution is -2.70. The van der Waals surface area contributed by atoms with Gasteiger partial charge in [-0.25, -0.2) is 0 Å². The summed E-state index contributed by atoms with van der Waals surface area (Å²) in [5, 5.41) is 22.1. The summed E-state index contributed by atoms with van der Waals surface area (Å²) in [6.45, 7) is 4.85. The summed E-state index contributed by atoms with van der Waals surface area (Å²) in [4.78, 5) is 0. The van der Waals surface area contributed by atoms with Crippen molar-refractivity contribution >= 4 is 41.2 Å². The molecule has 0 aliphatic rings. The second-order valence-electron chi connectivity index (χ2n) is 7.81. The molecule has 3 aromatic rings. The van der Waals surface area contributed by atoms with Crippen molar-refractivity contribution < 1.29 is 27.3 Å². The van der Waals surface area contributed by atoms with Gasteiger partial charge in [0.15, 0.2) is 0 Å². The van der Waals surface area contributed by atoms with E-state index in [9.17, 15) is 10.2 Å². The standard InChI is InChI=1S/C23H30O6Si3/c1-30(2,28-31(3,26-19-24)21-13-7-4-8-14-21)29-32(27-20-25,22-15-9-5-10-16-22)23-17-11-6-12-18-23/h4-18,24-25H,19-20H2,1-3H3. The lowest BCUT2D eigenvalue weighted by molar-refractivity contribution is 0.0670. The van der Waals surface area contributed by atoms with E-state index in [0.717, 1.165) is 15.6 Å². The predicted molar refractivity (Wildman–Crippen MR) is 132 cm³/mol. The van der Waals surface area contributed by atoms with Gasteiger partial charge >= 0.3 is 25.7 Å². The average Bonchev–Trinajstić information content (AvgIpc) is 2.80. The lowest BCUT2D eigenvalue weighted by atomic mass is 10.4. The van der Waals surface area contributed by atoms with Crippen molar-refractivity contribution in [3.8, 4) is 0 Å². The first kappa shape index (κ1) is 24.7. The molecule has 0 aromatic heterocycles. The Morgan fingerprint density at radius 3 is 1.38 bits per heavy atom. The van der Waals surface area contributed by atoms with Crippen molar-refractivity contribution in [2.75, 3.05) is 13.6 Å². The maximum atomic E-state index is 9.87. The summed E-state index contributed by atoms with van der Waals surface area (Å²) in [6, 6.07) is 29.0. The van der Waals surface area contributed by atoms with Crippen LogP contribution in [-0.4, -0.2) is 49.5 Å². The van der Waals surface area contributed by atoms with Gasteiger partial charge in [-0.1, -0.05) is 91.0 Å². The summed E-state index contributed by atoms with van der Waals surface area (Å²) < 4.78 is 25.4. The summed E-state index contributed by atoms with van der Waals surface area (Å²) in [7, 11) is -9.26. The molecule has 0 fully saturated rings. The van der Waals surface area contributed by atoms with Crippen LogP contribution in [0.2, 0.25) is 19.6 Å². The van der Waals surface area contributed by atoms with Gasteiger partial charge in [0.05, 0.1) is 0 Å². The minimum atomic E-state index is -3.32. The topological polar surface area (TPSA) is 77.4 Å². The van der Waals surface area contributed by atoms with Crippen molar-refractivity contribution in [1.82, 2.24) is 0 Å². The van der Waals surface area contributed by atoms with E-state index in [4.69, 9.17) is 17.1 Å². The predicted octanol–water partition coefficient (Wildman–Crippen LogP) is 1.89. The van der Waals surface area contributed by atoms with E-state index in [1.807, 2.05) is 111 Å². The van der Waals surface area contributed by atoms with Gasteiger partial charge in [-0.2, -0.15) is 0 Å². The van der Waals surface area contributed by atoms with Gasteiger partial charge in [-0.15, -0.1) is 0 Å². The number of aliphatic hydroxyl groups excluding tert-OH is 2. The Labute approximate surface area is 192 Å². The highest BCUT2D eigenvalue weighted by Crippen LogP contribution is 2.22. The lowest BCUT2D eigenvalue weighted by Gasteiger charge is -2.41. The third kappa shape index (κ3) is 5.70. The van der Waals surface area contributed by atoms with Crippen molar-refractivity contribution in [3.05, 3.63) is 91.0 Å². The molecular weight excluding hydrogens is 457 g/mol. The third-order valence-corrected chi connectivity index (χ3v) is 16.5. The minimum Gasteiger partial charge on any atom is -0.412 e. The van der Waals surface area contributed by atoms with Crippen LogP contribution in [0.25, 0.3) is 0 Å². The Bertz CT molecular complexity index is 920. The Morgan fingerprint density at radius 1 is 0.562 bits per heavy atom. The van der Waals surface area contributed by atoms with E-state index in [1.165, 1.54) is 0 Å². The number of hydrogen-bond donors (Lipinski definition) is 2. The van der Waals surface area contributed by atoms with E-state index in [1.54, 1.807) is 0 Å². The van der Waals surface area contributed by atoms with Crippen LogP contribution < -0.4 is 15.6 Å². The molecule has 0 bridgehead atoms. The van der Waals surface area contributed by atoms with Gasteiger partial charge in [-0.05, 0) is 35.2 Å². The van der Waals surface area contributed by atoms with E-state index in [-0.39, 0.29) is 0 Å². The van der Waals surface area contributed by atoms with E-state index >= 15 is 0 Å². The van der Waals surface area contributed by atoms with Crippen LogP contribution in [0.5, 0.6) is 0 Å². The number of hydrogen-bond acceptors (Lipinski definition) is 6. The highest BCUT2D eigenvalue weighted by atomic mass is 28.5. The molecule has 3 rings (SSSR count). The molecule has 0 aliphatic heterocycles. The molecule has 9 heteroatoms. The largest absolute Gasteiger partial charge is 0.412 e. The smallest absolute Gasteiger partial charge is 0.400 e. The molecule has 0 saturated carbocycles. The van der Waals surface area contributed by atoms with Crippen LogP contribution >= 0.6 is 0 Å². The molecule has 6 nitrogen and oxygen atoms in total. The van der Waals surface area contributed by atoms with Gasteiger partial charge in [0, 0.05) is 0 Å². The number of aliphatic hydroxyl groups is 2. The van der Waals surface area contributed by atoms with Crippen LogP contribution in [0, 0.1) is 0 Å². The van der Waals surface area contributed by atoms with Crippen molar-refractivity contribution in [2.45, 2.75) is 19.6 Å². The van der Waals surface area contributed by atoms with E-state index < -0.39 is 39.3 Å². The zero-order chi connectivity index (χ0) is 23.1. The SMILES string of the molecule is C[Si](C)(O[Si](C)(OCO)c1ccccc1)O[Si](OCO)(c1ccccc1)c1ccccc1. The summed E-state index contributed by atoms with van der Waals surface area (Å²) >= 11 is 0. The molecule has 1 unspecified atom stereocenters. The van der Waals surface area contributed by atoms with Gasteiger partial charge < -0.3 is 27.3 Å². The first-order chi connectivity index (χ1) is 15.4. The maximum absolute atomic E-state index is 9.87. The van der Waals surface area contributed by atoms with Crippen molar-refractivity contribution in [2.24, 2.45) is 0 Å². The molecule has 3 aromatic carbocycles. The highest BCUT2D eigenvalue weighted by Gasteiger charge is 2.51. The minimum absolute atomic E-state index is 0.449. The number of benzene rings is 3. The van der Waals surface area contributed by atoms with Crippen LogP contribution in [-0.2, 0) is 17.1 Å². The van der Waals surface area contributed by atoms with Gasteiger partial charge in [0.25, 0.3) is 0 Å². The third-order valence-electron chi connectivity index (χ3n) is 5.04. The van der Waals surface area contributed by atoms with E-state index in [0.29, 0.717) is 0 Å². The summed E-state index contributed by atoms with van der Waals surface area (Å²) in [5.41, 5.74) is 0. The van der Waals surface area contributed by atoms with Crippen LogP contribution in [0.4, 0.5) is 0 Å². The molecule has 0 saturated heterocycles. The Hall–Kier alpha value is -1.93. The fourth-order valence-corrected chi connectivity index (χ4v) is 16.0. The van der Waals surface area contributed by atoms with E-state index in [2.05, 4.69) is 0 Å². The monoisotopic (exact) mass is 486 g/mol. The molecule has 170 valence electrons. The molecule has 0 spiro atoms. The normalized spacial score (nSPS) is 14.2. The maximum Gasteiger partial charge on any atom is 0.400 e. The molecule has 2 N–H and O–H groups in total. The fraction of sp³-hybridized carbons (Fsp3) is 0.217. The highest BCUT2D eigenvalue weighted by molar-refractivity contribution is 6.99. The van der Waals surface area contributed by atoms with Gasteiger partial charge in [0.1, 0.15) is 13.6 Å². The summed E-state index contributed by atoms with van der Waals surface area (Å²) in [5.74, 6) is 0. The Morgan fingerprint density at radius 2 is 0.969 bits per heavy atom. The summed E-state index contributed by atoms with van der Waals surface area (Å²) in [6.07, 6.45) is 0. The molecule has 0 radical (unpaired) electrons. The first-order valence-electron chi connectivity index (χ1n) is 10.4. The molecular formula is C23H30O6Si3. The second-order valence-corrected chi connectivity index (χ2v) is 17.7. The molecule has 32 heavy (non-hydrogen) atoms. The molecule has 1 atom stereocenters. The molecule has 0 amide bonds.